The molecule has 1 atom stereocenters. The highest BCUT2D eigenvalue weighted by molar-refractivity contribution is 5.81. The lowest BCUT2D eigenvalue weighted by Crippen LogP contribution is -2.43. The predicted octanol–water partition coefficient (Wildman–Crippen LogP) is 0.201. The minimum atomic E-state index is -0.507. The average molecular weight is 202 g/mol. The Morgan fingerprint density at radius 1 is 1.57 bits per heavy atom. The largest absolute Gasteiger partial charge is 0.393 e. The number of hydrogen-bond acceptors (Lipinski definition) is 3. The summed E-state index contributed by atoms with van der Waals surface area (Å²) in [6, 6.07) is 0. The first-order chi connectivity index (χ1) is 6.31. The van der Waals surface area contributed by atoms with Gasteiger partial charge < -0.3 is 15.7 Å². The van der Waals surface area contributed by atoms with E-state index in [4.69, 9.17) is 10.8 Å². The molecule has 1 unspecified atom stereocenters. The Labute approximate surface area is 86.1 Å². The van der Waals surface area contributed by atoms with E-state index >= 15 is 0 Å². The van der Waals surface area contributed by atoms with Crippen molar-refractivity contribution in [2.24, 2.45) is 11.1 Å². The van der Waals surface area contributed by atoms with Crippen molar-refractivity contribution in [3.05, 3.63) is 0 Å². The summed E-state index contributed by atoms with van der Waals surface area (Å²) in [6.07, 6.45) is 0.231. The second kappa shape index (κ2) is 5.32. The molecule has 14 heavy (non-hydrogen) atoms. The molecule has 0 aromatic heterocycles. The molecule has 0 radical (unpaired) electrons. The third-order valence-corrected chi connectivity index (χ3v) is 2.32. The van der Waals surface area contributed by atoms with Crippen molar-refractivity contribution in [1.82, 2.24) is 4.90 Å². The van der Waals surface area contributed by atoms with Gasteiger partial charge in [-0.25, -0.2) is 0 Å². The molecule has 4 nitrogen and oxygen atoms in total. The number of carbonyl (C=O) groups is 1. The van der Waals surface area contributed by atoms with Gasteiger partial charge in [-0.1, -0.05) is 0 Å². The summed E-state index contributed by atoms with van der Waals surface area (Å²) in [5, 5.41) is 9.08. The average Bonchev–Trinajstić information content (AvgIpc) is 2.12. The summed E-state index contributed by atoms with van der Waals surface area (Å²) in [6.45, 7) is 6.28. The Morgan fingerprint density at radius 2 is 2.07 bits per heavy atom. The van der Waals surface area contributed by atoms with Gasteiger partial charge in [0.1, 0.15) is 0 Å². The molecule has 4 heteroatoms. The van der Waals surface area contributed by atoms with Crippen LogP contribution in [-0.2, 0) is 4.79 Å². The fraction of sp³-hybridized carbons (Fsp3) is 0.900. The van der Waals surface area contributed by atoms with Crippen LogP contribution in [0.25, 0.3) is 0 Å². The Bertz CT molecular complexity index is 191. The molecular weight excluding hydrogens is 180 g/mol. The molecule has 0 aromatic carbocycles. The summed E-state index contributed by atoms with van der Waals surface area (Å²) in [5.74, 6) is 0.0284. The maximum atomic E-state index is 11.8. The highest BCUT2D eigenvalue weighted by Crippen LogP contribution is 2.16. The molecule has 0 aliphatic carbocycles. The number of nitrogens with zero attached hydrogens (tertiary/aromatic N) is 1. The summed E-state index contributed by atoms with van der Waals surface area (Å²) in [4.78, 5) is 13.4. The highest BCUT2D eigenvalue weighted by Gasteiger charge is 2.28. The summed E-state index contributed by atoms with van der Waals surface area (Å²) < 4.78 is 0. The van der Waals surface area contributed by atoms with E-state index in [1.165, 1.54) is 0 Å². The third kappa shape index (κ3) is 4.07. The van der Waals surface area contributed by atoms with Crippen LogP contribution in [0.4, 0.5) is 0 Å². The molecule has 0 spiro atoms. The molecule has 0 bridgehead atoms. The van der Waals surface area contributed by atoms with Crippen LogP contribution in [0.1, 0.15) is 27.2 Å². The molecule has 0 fully saturated rings. The molecule has 84 valence electrons. The lowest BCUT2D eigenvalue weighted by atomic mass is 9.92. The number of hydrogen-bond donors (Lipinski definition) is 2. The molecule has 0 aromatic rings. The van der Waals surface area contributed by atoms with Crippen LogP contribution in [0.15, 0.2) is 0 Å². The maximum Gasteiger partial charge on any atom is 0.229 e. The van der Waals surface area contributed by atoms with Gasteiger partial charge in [0.2, 0.25) is 5.91 Å². The number of aliphatic hydroxyl groups is 1. The SMILES string of the molecule is CC(O)CCN(C)C(=O)C(C)(C)CN. The molecule has 1 amide bonds. The topological polar surface area (TPSA) is 66.6 Å². The third-order valence-electron chi connectivity index (χ3n) is 2.32. The van der Waals surface area contributed by atoms with Gasteiger partial charge in [-0.3, -0.25) is 4.79 Å². The van der Waals surface area contributed by atoms with Crippen molar-refractivity contribution in [3.8, 4) is 0 Å². The zero-order valence-corrected chi connectivity index (χ0v) is 9.58. The first-order valence-corrected chi connectivity index (χ1v) is 4.95. The van der Waals surface area contributed by atoms with E-state index in [9.17, 15) is 4.79 Å². The quantitative estimate of drug-likeness (QED) is 0.669. The Balaban J connectivity index is 4.12. The van der Waals surface area contributed by atoms with Crippen molar-refractivity contribution >= 4 is 5.91 Å². The van der Waals surface area contributed by atoms with Crippen molar-refractivity contribution in [2.45, 2.75) is 33.3 Å². The molecule has 0 aliphatic heterocycles. The van der Waals surface area contributed by atoms with Gasteiger partial charge in [0, 0.05) is 20.1 Å². The second-order valence-electron chi connectivity index (χ2n) is 4.45. The fourth-order valence-electron chi connectivity index (χ4n) is 1.09. The minimum absolute atomic E-state index is 0.0284. The molecule has 0 saturated carbocycles. The summed E-state index contributed by atoms with van der Waals surface area (Å²) in [7, 11) is 1.74. The monoisotopic (exact) mass is 202 g/mol. The van der Waals surface area contributed by atoms with E-state index in [-0.39, 0.29) is 12.0 Å². The maximum absolute atomic E-state index is 11.8. The Kier molecular flexibility index (Phi) is 5.08. The molecule has 0 saturated heterocycles. The predicted molar refractivity (Wildman–Crippen MR) is 56.8 cm³/mol. The van der Waals surface area contributed by atoms with Crippen molar-refractivity contribution < 1.29 is 9.90 Å². The first-order valence-electron chi connectivity index (χ1n) is 4.95. The second-order valence-corrected chi connectivity index (χ2v) is 4.45. The zero-order chi connectivity index (χ0) is 11.4. The van der Waals surface area contributed by atoms with E-state index in [2.05, 4.69) is 0 Å². The van der Waals surface area contributed by atoms with Gasteiger partial charge in [0.05, 0.1) is 11.5 Å². The van der Waals surface area contributed by atoms with Gasteiger partial charge in [0.15, 0.2) is 0 Å². The molecule has 3 N–H and O–H groups in total. The minimum Gasteiger partial charge on any atom is -0.393 e. The van der Waals surface area contributed by atoms with Crippen LogP contribution in [0.5, 0.6) is 0 Å². The van der Waals surface area contributed by atoms with Crippen LogP contribution < -0.4 is 5.73 Å². The number of amides is 1. The molecular formula is C10H22N2O2. The van der Waals surface area contributed by atoms with Gasteiger partial charge in [0.25, 0.3) is 0 Å². The van der Waals surface area contributed by atoms with E-state index in [1.54, 1.807) is 18.9 Å². The van der Waals surface area contributed by atoms with Crippen LogP contribution >= 0.6 is 0 Å². The summed E-state index contributed by atoms with van der Waals surface area (Å²) in [5.41, 5.74) is 5.00. The van der Waals surface area contributed by atoms with Crippen molar-refractivity contribution in [1.29, 1.82) is 0 Å². The molecule has 0 aliphatic rings. The first kappa shape index (κ1) is 13.4. The Hall–Kier alpha value is -0.610. The van der Waals surface area contributed by atoms with Crippen LogP contribution in [-0.4, -0.2) is 42.2 Å². The van der Waals surface area contributed by atoms with Gasteiger partial charge in [-0.2, -0.15) is 0 Å². The Morgan fingerprint density at radius 3 is 2.43 bits per heavy atom. The van der Waals surface area contributed by atoms with Crippen LogP contribution in [0, 0.1) is 5.41 Å². The normalized spacial score (nSPS) is 13.9. The smallest absolute Gasteiger partial charge is 0.229 e. The van der Waals surface area contributed by atoms with E-state index in [0.717, 1.165) is 0 Å². The van der Waals surface area contributed by atoms with Crippen LogP contribution in [0.3, 0.4) is 0 Å². The lowest BCUT2D eigenvalue weighted by molar-refractivity contribution is -0.138. The molecule has 0 heterocycles. The van der Waals surface area contributed by atoms with Crippen molar-refractivity contribution in [2.75, 3.05) is 20.1 Å². The van der Waals surface area contributed by atoms with Crippen molar-refractivity contribution in [3.63, 3.8) is 0 Å². The van der Waals surface area contributed by atoms with Crippen LogP contribution in [0.2, 0.25) is 0 Å². The summed E-state index contributed by atoms with van der Waals surface area (Å²) >= 11 is 0. The van der Waals surface area contributed by atoms with Gasteiger partial charge >= 0.3 is 0 Å². The number of aliphatic hydroxyl groups excluding tert-OH is 1. The fourth-order valence-corrected chi connectivity index (χ4v) is 1.09. The lowest BCUT2D eigenvalue weighted by Gasteiger charge is -2.28. The van der Waals surface area contributed by atoms with Gasteiger partial charge in [-0.05, 0) is 27.2 Å². The van der Waals surface area contributed by atoms with E-state index in [1.807, 2.05) is 13.8 Å². The number of rotatable bonds is 5. The van der Waals surface area contributed by atoms with Gasteiger partial charge in [-0.15, -0.1) is 0 Å². The van der Waals surface area contributed by atoms with E-state index < -0.39 is 5.41 Å². The molecule has 0 rings (SSSR count). The zero-order valence-electron chi connectivity index (χ0n) is 9.58. The number of nitrogens with two attached hydrogens (primary N) is 1. The number of carbonyl (C=O) groups excluding carboxylic acids is 1. The highest BCUT2D eigenvalue weighted by atomic mass is 16.3. The van der Waals surface area contributed by atoms with E-state index in [0.29, 0.717) is 19.5 Å². The standard InChI is InChI=1S/C10H22N2O2/c1-8(13)5-6-12(4)9(14)10(2,3)7-11/h8,13H,5-7,11H2,1-4H3.